The molecule has 2 aromatic rings. The summed E-state index contributed by atoms with van der Waals surface area (Å²) in [4.78, 5) is 3.80. The molecule has 0 spiro atoms. The van der Waals surface area contributed by atoms with E-state index in [1.165, 1.54) is 12.3 Å². The topological polar surface area (TPSA) is 12.9 Å². The number of fused-ring (bicyclic) bond motifs is 1. The number of nitrogens with zero attached hydrogens (tertiary/aromatic N) is 1. The molecule has 16 heavy (non-hydrogen) atoms. The summed E-state index contributed by atoms with van der Waals surface area (Å²) in [6.45, 7) is 0. The molecule has 0 amide bonds. The highest BCUT2D eigenvalue weighted by Gasteiger charge is 2.33. The zero-order chi connectivity index (χ0) is 11.9. The van der Waals surface area contributed by atoms with Crippen LogP contribution in [-0.4, -0.2) is 4.98 Å². The number of benzene rings is 1. The van der Waals surface area contributed by atoms with Crippen molar-refractivity contribution in [2.24, 2.45) is 0 Å². The Balaban J connectivity index is 2.92. The Bertz CT molecular complexity index is 551. The van der Waals surface area contributed by atoms with Crippen molar-refractivity contribution in [3.05, 3.63) is 40.0 Å². The van der Waals surface area contributed by atoms with E-state index < -0.39 is 11.7 Å². The van der Waals surface area contributed by atoms with Crippen LogP contribution < -0.4 is 0 Å². The highest BCUT2D eigenvalue weighted by atomic mass is 35.5. The second kappa shape index (κ2) is 3.79. The minimum atomic E-state index is -4.48. The van der Waals surface area contributed by atoms with Crippen LogP contribution in [0, 0.1) is 0 Å². The number of hydrogen-bond acceptors (Lipinski definition) is 1. The predicted molar refractivity (Wildman–Crippen MR) is 56.8 cm³/mol. The molecule has 0 aliphatic rings. The lowest BCUT2D eigenvalue weighted by atomic mass is 10.1. The Hall–Kier alpha value is -1.00. The summed E-state index contributed by atoms with van der Waals surface area (Å²) in [5.41, 5.74) is -0.769. The molecule has 0 saturated carbocycles. The number of alkyl halides is 3. The summed E-state index contributed by atoms with van der Waals surface area (Å²) in [6, 6.07) is 3.36. The molecule has 0 unspecified atom stereocenters. The van der Waals surface area contributed by atoms with E-state index in [1.807, 2.05) is 0 Å². The molecule has 1 nitrogen and oxygen atoms in total. The van der Waals surface area contributed by atoms with Gasteiger partial charge in [-0.15, -0.1) is 0 Å². The van der Waals surface area contributed by atoms with Crippen molar-refractivity contribution in [3.8, 4) is 0 Å². The molecule has 0 saturated heterocycles. The monoisotopic (exact) mass is 265 g/mol. The van der Waals surface area contributed by atoms with Crippen LogP contribution in [0.5, 0.6) is 0 Å². The first-order chi connectivity index (χ1) is 7.41. The van der Waals surface area contributed by atoms with E-state index in [-0.39, 0.29) is 20.9 Å². The first kappa shape index (κ1) is 11.5. The normalized spacial score (nSPS) is 12.1. The Morgan fingerprint density at radius 1 is 1.00 bits per heavy atom. The maximum atomic E-state index is 12.7. The standard InChI is InChI=1S/C10H4Cl2F3N/c11-6-3-4-16-9-7(12)2-1-5(8(6)9)10(13,14)15/h1-4H. The third-order valence-corrected chi connectivity index (χ3v) is 2.72. The largest absolute Gasteiger partial charge is 0.417 e. The van der Waals surface area contributed by atoms with Gasteiger partial charge in [0.15, 0.2) is 0 Å². The fraction of sp³-hybridized carbons (Fsp3) is 0.100. The molecular formula is C10H4Cl2F3N. The van der Waals surface area contributed by atoms with Crippen LogP contribution >= 0.6 is 23.2 Å². The van der Waals surface area contributed by atoms with Crippen molar-refractivity contribution in [3.63, 3.8) is 0 Å². The van der Waals surface area contributed by atoms with Crippen LogP contribution in [0.2, 0.25) is 10.0 Å². The zero-order valence-electron chi connectivity index (χ0n) is 7.65. The molecule has 84 valence electrons. The quantitative estimate of drug-likeness (QED) is 0.681. The van der Waals surface area contributed by atoms with E-state index in [2.05, 4.69) is 4.98 Å². The molecule has 0 N–H and O–H groups in total. The molecule has 0 aliphatic heterocycles. The summed E-state index contributed by atoms with van der Waals surface area (Å²) >= 11 is 11.5. The van der Waals surface area contributed by atoms with Gasteiger partial charge in [-0.2, -0.15) is 13.2 Å². The van der Waals surface area contributed by atoms with Crippen molar-refractivity contribution < 1.29 is 13.2 Å². The molecule has 0 atom stereocenters. The second-order valence-electron chi connectivity index (χ2n) is 3.11. The van der Waals surface area contributed by atoms with Crippen LogP contribution in [0.3, 0.4) is 0 Å². The van der Waals surface area contributed by atoms with Gasteiger partial charge in [-0.25, -0.2) is 0 Å². The molecule has 0 fully saturated rings. The number of pyridine rings is 1. The molecule has 0 radical (unpaired) electrons. The van der Waals surface area contributed by atoms with Gasteiger partial charge in [0.1, 0.15) is 0 Å². The van der Waals surface area contributed by atoms with Gasteiger partial charge in [-0.05, 0) is 18.2 Å². The minimum Gasteiger partial charge on any atom is -0.255 e. The molecule has 1 aromatic carbocycles. The summed E-state index contributed by atoms with van der Waals surface area (Å²) in [6.07, 6.45) is -3.16. The number of halogens is 5. The highest BCUT2D eigenvalue weighted by Crippen LogP contribution is 2.39. The Morgan fingerprint density at radius 3 is 2.31 bits per heavy atom. The smallest absolute Gasteiger partial charge is 0.255 e. The van der Waals surface area contributed by atoms with Gasteiger partial charge in [-0.3, -0.25) is 4.98 Å². The molecule has 2 rings (SSSR count). The van der Waals surface area contributed by atoms with Gasteiger partial charge in [-0.1, -0.05) is 23.2 Å². The lowest BCUT2D eigenvalue weighted by molar-refractivity contribution is -0.136. The van der Waals surface area contributed by atoms with Crippen LogP contribution in [0.25, 0.3) is 10.9 Å². The predicted octanol–water partition coefficient (Wildman–Crippen LogP) is 4.56. The van der Waals surface area contributed by atoms with Crippen molar-refractivity contribution in [2.75, 3.05) is 0 Å². The third kappa shape index (κ3) is 1.83. The summed E-state index contributed by atoms with van der Waals surface area (Å²) in [7, 11) is 0. The number of aromatic nitrogens is 1. The first-order valence-corrected chi connectivity index (χ1v) is 4.97. The SMILES string of the molecule is FC(F)(F)c1ccc(Cl)c2nccc(Cl)c12. The fourth-order valence-electron chi connectivity index (χ4n) is 1.43. The van der Waals surface area contributed by atoms with Crippen LogP contribution in [0.15, 0.2) is 24.4 Å². The Morgan fingerprint density at radius 2 is 1.69 bits per heavy atom. The Kier molecular flexibility index (Phi) is 2.72. The number of rotatable bonds is 0. The average Bonchev–Trinajstić information content (AvgIpc) is 2.18. The molecule has 1 aromatic heterocycles. The summed E-state index contributed by atoms with van der Waals surface area (Å²) in [5, 5.41) is -0.0329. The summed E-state index contributed by atoms with van der Waals surface area (Å²) < 4.78 is 38.1. The first-order valence-electron chi connectivity index (χ1n) is 4.21. The molecule has 0 bridgehead atoms. The van der Waals surface area contributed by atoms with E-state index in [9.17, 15) is 13.2 Å². The van der Waals surface area contributed by atoms with Crippen LogP contribution in [0.1, 0.15) is 5.56 Å². The molecule has 1 heterocycles. The minimum absolute atomic E-state index is 0.0141. The lowest BCUT2D eigenvalue weighted by Crippen LogP contribution is -2.06. The fourth-order valence-corrected chi connectivity index (χ4v) is 1.88. The van der Waals surface area contributed by atoms with Gasteiger partial charge in [0, 0.05) is 11.6 Å². The van der Waals surface area contributed by atoms with Crippen molar-refractivity contribution in [1.29, 1.82) is 0 Å². The number of hydrogen-bond donors (Lipinski definition) is 0. The van der Waals surface area contributed by atoms with Gasteiger partial charge >= 0.3 is 6.18 Å². The van der Waals surface area contributed by atoms with Crippen molar-refractivity contribution in [1.82, 2.24) is 4.98 Å². The van der Waals surface area contributed by atoms with Crippen molar-refractivity contribution >= 4 is 34.1 Å². The van der Waals surface area contributed by atoms with E-state index in [4.69, 9.17) is 23.2 Å². The van der Waals surface area contributed by atoms with Crippen molar-refractivity contribution in [2.45, 2.75) is 6.18 Å². The maximum Gasteiger partial charge on any atom is 0.417 e. The average molecular weight is 266 g/mol. The van der Waals surface area contributed by atoms with Gasteiger partial charge in [0.25, 0.3) is 0 Å². The molecular weight excluding hydrogens is 262 g/mol. The van der Waals surface area contributed by atoms with E-state index in [0.29, 0.717) is 0 Å². The van der Waals surface area contributed by atoms with Gasteiger partial charge < -0.3 is 0 Å². The molecule has 0 aliphatic carbocycles. The van der Waals surface area contributed by atoms with E-state index in [1.54, 1.807) is 0 Å². The molecule has 6 heteroatoms. The second-order valence-corrected chi connectivity index (χ2v) is 3.92. The van der Waals surface area contributed by atoms with Crippen LogP contribution in [0.4, 0.5) is 13.2 Å². The highest BCUT2D eigenvalue weighted by molar-refractivity contribution is 6.39. The van der Waals surface area contributed by atoms with E-state index >= 15 is 0 Å². The van der Waals surface area contributed by atoms with Gasteiger partial charge in [0.2, 0.25) is 0 Å². The summed E-state index contributed by atoms with van der Waals surface area (Å²) in [5.74, 6) is 0. The third-order valence-electron chi connectivity index (χ3n) is 2.10. The van der Waals surface area contributed by atoms with Gasteiger partial charge in [0.05, 0.1) is 21.1 Å². The van der Waals surface area contributed by atoms with Crippen LogP contribution in [-0.2, 0) is 6.18 Å². The Labute approximate surface area is 98.8 Å². The maximum absolute atomic E-state index is 12.7. The zero-order valence-corrected chi connectivity index (χ0v) is 9.16. The van der Waals surface area contributed by atoms with E-state index in [0.717, 1.165) is 12.1 Å². The lowest BCUT2D eigenvalue weighted by Gasteiger charge is -2.11.